The number of rotatable bonds is 4. The summed E-state index contributed by atoms with van der Waals surface area (Å²) in [6.45, 7) is 2.82. The summed E-state index contributed by atoms with van der Waals surface area (Å²) in [4.78, 5) is 7.94. The van der Waals surface area contributed by atoms with Crippen LogP contribution in [0.25, 0.3) is 33.8 Å². The Balaban J connectivity index is 1.80. The molecule has 6 nitrogen and oxygen atoms in total. The molecule has 0 unspecified atom stereocenters. The molecule has 0 bridgehead atoms. The third-order valence-electron chi connectivity index (χ3n) is 4.50. The van der Waals surface area contributed by atoms with Crippen LogP contribution in [0.1, 0.15) is 11.1 Å². The minimum atomic E-state index is 0.130. The summed E-state index contributed by atoms with van der Waals surface area (Å²) in [5, 5.41) is 18.4. The molecule has 0 fully saturated rings. The van der Waals surface area contributed by atoms with Gasteiger partial charge in [-0.3, -0.25) is 4.68 Å². The number of benzene rings is 2. The molecule has 2 heterocycles. The Bertz CT molecular complexity index is 1080. The number of nitrogens with zero attached hydrogens (tertiary/aromatic N) is 3. The van der Waals surface area contributed by atoms with Gasteiger partial charge in [-0.2, -0.15) is 5.10 Å². The van der Waals surface area contributed by atoms with Gasteiger partial charge in [0.15, 0.2) is 11.6 Å². The maximum atomic E-state index is 10.8. The molecule has 132 valence electrons. The standard InChI is InChI=1S/C20H21N5O/c1-12-4-7-14(8-5-12)17-19(26)18(25(3)24-17)20-22-15-9-6-13(11-21-2)10-16(15)23-20/h4-10,21,26H,11H2,1-3H3,(H,22,23). The SMILES string of the molecule is CNCc1ccc2nc(-c3c(O)c(-c4ccc(C)cc4)nn3C)[nH]c2c1. The molecule has 2 aromatic carbocycles. The van der Waals surface area contributed by atoms with Gasteiger partial charge < -0.3 is 15.4 Å². The Labute approximate surface area is 151 Å². The predicted molar refractivity (Wildman–Crippen MR) is 103 cm³/mol. The number of hydrogen-bond donors (Lipinski definition) is 3. The highest BCUT2D eigenvalue weighted by Crippen LogP contribution is 2.37. The van der Waals surface area contributed by atoms with E-state index in [1.165, 1.54) is 11.1 Å². The van der Waals surface area contributed by atoms with Crippen LogP contribution in [0.4, 0.5) is 0 Å². The largest absolute Gasteiger partial charge is 0.504 e. The zero-order valence-corrected chi connectivity index (χ0v) is 15.0. The zero-order chi connectivity index (χ0) is 18.3. The second-order valence-electron chi connectivity index (χ2n) is 6.50. The minimum Gasteiger partial charge on any atom is -0.504 e. The molecule has 4 rings (SSSR count). The normalized spacial score (nSPS) is 11.3. The van der Waals surface area contributed by atoms with Crippen molar-refractivity contribution in [3.05, 3.63) is 53.6 Å². The summed E-state index contributed by atoms with van der Waals surface area (Å²) in [6, 6.07) is 14.0. The van der Waals surface area contributed by atoms with Crippen LogP contribution >= 0.6 is 0 Å². The van der Waals surface area contributed by atoms with Crippen molar-refractivity contribution in [2.75, 3.05) is 7.05 Å². The fourth-order valence-electron chi connectivity index (χ4n) is 3.17. The number of nitrogens with one attached hydrogen (secondary N) is 2. The second-order valence-corrected chi connectivity index (χ2v) is 6.50. The highest BCUT2D eigenvalue weighted by Gasteiger charge is 2.21. The Morgan fingerprint density at radius 2 is 1.92 bits per heavy atom. The molecule has 0 saturated carbocycles. The second kappa shape index (κ2) is 6.31. The molecule has 0 atom stereocenters. The van der Waals surface area contributed by atoms with E-state index in [-0.39, 0.29) is 5.75 Å². The molecular weight excluding hydrogens is 326 g/mol. The van der Waals surface area contributed by atoms with Crippen LogP contribution in [-0.2, 0) is 13.6 Å². The fourth-order valence-corrected chi connectivity index (χ4v) is 3.17. The first-order chi connectivity index (χ1) is 12.6. The number of aromatic hydroxyl groups is 1. The molecule has 0 radical (unpaired) electrons. The smallest absolute Gasteiger partial charge is 0.173 e. The van der Waals surface area contributed by atoms with Crippen molar-refractivity contribution in [2.24, 2.45) is 7.05 Å². The van der Waals surface area contributed by atoms with Gasteiger partial charge in [0.05, 0.1) is 11.0 Å². The van der Waals surface area contributed by atoms with Gasteiger partial charge in [-0.05, 0) is 31.7 Å². The van der Waals surface area contributed by atoms with Gasteiger partial charge in [0.2, 0.25) is 0 Å². The molecule has 0 aliphatic rings. The maximum Gasteiger partial charge on any atom is 0.173 e. The van der Waals surface area contributed by atoms with E-state index in [0.29, 0.717) is 17.2 Å². The molecule has 26 heavy (non-hydrogen) atoms. The lowest BCUT2D eigenvalue weighted by atomic mass is 10.1. The monoisotopic (exact) mass is 347 g/mol. The first kappa shape index (κ1) is 16.4. The maximum absolute atomic E-state index is 10.8. The molecule has 6 heteroatoms. The highest BCUT2D eigenvalue weighted by molar-refractivity contribution is 5.82. The molecular formula is C20H21N5O. The van der Waals surface area contributed by atoms with Gasteiger partial charge in [0.1, 0.15) is 11.4 Å². The quantitative estimate of drug-likeness (QED) is 0.529. The van der Waals surface area contributed by atoms with Crippen molar-refractivity contribution in [3.8, 4) is 28.5 Å². The van der Waals surface area contributed by atoms with Crippen molar-refractivity contribution in [1.82, 2.24) is 25.1 Å². The van der Waals surface area contributed by atoms with Gasteiger partial charge in [0.25, 0.3) is 0 Å². The van der Waals surface area contributed by atoms with Crippen LogP contribution in [-0.4, -0.2) is 31.9 Å². The fraction of sp³-hybridized carbons (Fsp3) is 0.200. The van der Waals surface area contributed by atoms with Crippen molar-refractivity contribution < 1.29 is 5.11 Å². The molecule has 0 aliphatic heterocycles. The Kier molecular flexibility index (Phi) is 3.97. The van der Waals surface area contributed by atoms with E-state index >= 15 is 0 Å². The van der Waals surface area contributed by atoms with Crippen LogP contribution in [0.5, 0.6) is 5.75 Å². The first-order valence-electron chi connectivity index (χ1n) is 8.53. The zero-order valence-electron chi connectivity index (χ0n) is 15.0. The summed E-state index contributed by atoms with van der Waals surface area (Å²) < 4.78 is 1.66. The van der Waals surface area contributed by atoms with E-state index in [1.54, 1.807) is 4.68 Å². The average Bonchev–Trinajstić information content (AvgIpc) is 3.15. The first-order valence-corrected chi connectivity index (χ1v) is 8.53. The van der Waals surface area contributed by atoms with E-state index in [4.69, 9.17) is 0 Å². The van der Waals surface area contributed by atoms with Crippen molar-refractivity contribution in [2.45, 2.75) is 13.5 Å². The van der Waals surface area contributed by atoms with Crippen molar-refractivity contribution in [1.29, 1.82) is 0 Å². The van der Waals surface area contributed by atoms with Gasteiger partial charge in [-0.25, -0.2) is 4.98 Å². The molecule has 0 saturated heterocycles. The summed E-state index contributed by atoms with van der Waals surface area (Å²) in [7, 11) is 3.73. The van der Waals surface area contributed by atoms with Gasteiger partial charge in [0, 0.05) is 19.2 Å². The molecule has 2 aromatic heterocycles. The molecule has 3 N–H and O–H groups in total. The number of imidazole rings is 1. The van der Waals surface area contributed by atoms with Crippen LogP contribution in [0.3, 0.4) is 0 Å². The highest BCUT2D eigenvalue weighted by atomic mass is 16.3. The Morgan fingerprint density at radius 3 is 2.65 bits per heavy atom. The number of aromatic amines is 1. The third kappa shape index (κ3) is 2.74. The lowest BCUT2D eigenvalue weighted by Crippen LogP contribution is -2.04. The summed E-state index contributed by atoms with van der Waals surface area (Å²) >= 11 is 0. The topological polar surface area (TPSA) is 78.8 Å². The van der Waals surface area contributed by atoms with Gasteiger partial charge in [-0.15, -0.1) is 0 Å². The van der Waals surface area contributed by atoms with E-state index in [2.05, 4.69) is 26.4 Å². The molecule has 0 aliphatic carbocycles. The van der Waals surface area contributed by atoms with E-state index in [0.717, 1.165) is 23.1 Å². The minimum absolute atomic E-state index is 0.130. The molecule has 4 aromatic rings. The number of hydrogen-bond acceptors (Lipinski definition) is 4. The molecule has 0 spiro atoms. The van der Waals surface area contributed by atoms with E-state index < -0.39 is 0 Å². The predicted octanol–water partition coefficient (Wildman–Crippen LogP) is 3.36. The van der Waals surface area contributed by atoms with Crippen LogP contribution in [0.15, 0.2) is 42.5 Å². The van der Waals surface area contributed by atoms with Crippen molar-refractivity contribution >= 4 is 11.0 Å². The van der Waals surface area contributed by atoms with Gasteiger partial charge >= 0.3 is 0 Å². The Hall–Kier alpha value is -3.12. The van der Waals surface area contributed by atoms with Crippen LogP contribution in [0.2, 0.25) is 0 Å². The number of H-pyrrole nitrogens is 1. The summed E-state index contributed by atoms with van der Waals surface area (Å²) in [5.41, 5.74) is 6.14. The number of fused-ring (bicyclic) bond motifs is 1. The van der Waals surface area contributed by atoms with Crippen LogP contribution < -0.4 is 5.32 Å². The lowest BCUT2D eigenvalue weighted by Gasteiger charge is -1.99. The summed E-state index contributed by atoms with van der Waals surface area (Å²) in [5.74, 6) is 0.735. The number of aromatic nitrogens is 4. The number of aryl methyl sites for hydroxylation is 2. The average molecular weight is 347 g/mol. The Morgan fingerprint density at radius 1 is 1.15 bits per heavy atom. The van der Waals surface area contributed by atoms with Crippen molar-refractivity contribution in [3.63, 3.8) is 0 Å². The van der Waals surface area contributed by atoms with Gasteiger partial charge in [-0.1, -0.05) is 35.9 Å². The van der Waals surface area contributed by atoms with Crippen LogP contribution in [0, 0.1) is 6.92 Å². The van der Waals surface area contributed by atoms with E-state index in [9.17, 15) is 5.11 Å². The molecule has 0 amide bonds. The third-order valence-corrected chi connectivity index (χ3v) is 4.50. The lowest BCUT2D eigenvalue weighted by molar-refractivity contribution is 0.478. The van der Waals surface area contributed by atoms with E-state index in [1.807, 2.05) is 57.4 Å². The summed E-state index contributed by atoms with van der Waals surface area (Å²) in [6.07, 6.45) is 0.